The van der Waals surface area contributed by atoms with Crippen LogP contribution in [-0.2, 0) is 0 Å². The van der Waals surface area contributed by atoms with E-state index in [2.05, 4.69) is 38.6 Å². The molecule has 20 heavy (non-hydrogen) atoms. The highest BCUT2D eigenvalue weighted by Gasteiger charge is 2.22. The first-order valence-electron chi connectivity index (χ1n) is 7.30. The van der Waals surface area contributed by atoms with Crippen molar-refractivity contribution in [3.05, 3.63) is 0 Å². The maximum atomic E-state index is 9.32. The van der Waals surface area contributed by atoms with Gasteiger partial charge in [-0.2, -0.15) is 15.0 Å². The van der Waals surface area contributed by atoms with Crippen LogP contribution in [0, 0.1) is 5.92 Å². The van der Waals surface area contributed by atoms with Crippen molar-refractivity contribution in [3.63, 3.8) is 0 Å². The van der Waals surface area contributed by atoms with Crippen molar-refractivity contribution in [3.8, 4) is 0 Å². The molecule has 1 atom stereocenters. The zero-order valence-corrected chi connectivity index (χ0v) is 12.3. The summed E-state index contributed by atoms with van der Waals surface area (Å²) in [7, 11) is 0. The first-order valence-corrected chi connectivity index (χ1v) is 7.30. The number of rotatable bonds is 5. The maximum absolute atomic E-state index is 9.32. The van der Waals surface area contributed by atoms with Gasteiger partial charge in [0.25, 0.3) is 0 Å². The molecular formula is C13H24N6O. The van der Waals surface area contributed by atoms with Gasteiger partial charge in [0, 0.05) is 32.8 Å². The molecule has 1 unspecified atom stereocenters. The molecular weight excluding hydrogens is 256 g/mol. The molecule has 3 N–H and O–H groups in total. The van der Waals surface area contributed by atoms with Crippen molar-refractivity contribution >= 4 is 17.8 Å². The minimum absolute atomic E-state index is 0.208. The van der Waals surface area contributed by atoms with E-state index in [0.29, 0.717) is 17.8 Å². The molecule has 0 saturated carbocycles. The third-order valence-electron chi connectivity index (χ3n) is 3.74. The van der Waals surface area contributed by atoms with Gasteiger partial charge in [-0.1, -0.05) is 0 Å². The molecule has 1 aromatic heterocycles. The summed E-state index contributed by atoms with van der Waals surface area (Å²) in [5, 5.41) is 9.32. The number of nitrogens with zero attached hydrogens (tertiary/aromatic N) is 5. The van der Waals surface area contributed by atoms with E-state index in [1.54, 1.807) is 0 Å². The van der Waals surface area contributed by atoms with Gasteiger partial charge in [0.05, 0.1) is 0 Å². The third-order valence-corrected chi connectivity index (χ3v) is 3.74. The summed E-state index contributed by atoms with van der Waals surface area (Å²) in [6, 6.07) is 0. The average molecular weight is 280 g/mol. The van der Waals surface area contributed by atoms with E-state index >= 15 is 0 Å². The molecule has 0 radical (unpaired) electrons. The van der Waals surface area contributed by atoms with Gasteiger partial charge in [0.15, 0.2) is 0 Å². The van der Waals surface area contributed by atoms with Crippen LogP contribution in [0.5, 0.6) is 0 Å². The number of piperidine rings is 1. The third kappa shape index (κ3) is 3.27. The molecule has 1 saturated heterocycles. The molecule has 7 nitrogen and oxygen atoms in total. The molecule has 0 amide bonds. The molecule has 112 valence electrons. The lowest BCUT2D eigenvalue weighted by atomic mass is 9.99. The fraction of sp³-hybridized carbons (Fsp3) is 0.769. The summed E-state index contributed by atoms with van der Waals surface area (Å²) in [6.07, 6.45) is 2.09. The fourth-order valence-electron chi connectivity index (χ4n) is 2.55. The Balaban J connectivity index is 2.22. The number of anilines is 3. The van der Waals surface area contributed by atoms with Gasteiger partial charge in [0.2, 0.25) is 17.8 Å². The van der Waals surface area contributed by atoms with Crippen molar-refractivity contribution in [2.24, 2.45) is 5.92 Å². The number of aromatic nitrogens is 3. The lowest BCUT2D eigenvalue weighted by Gasteiger charge is -2.32. The van der Waals surface area contributed by atoms with Crippen molar-refractivity contribution in [1.29, 1.82) is 0 Å². The van der Waals surface area contributed by atoms with E-state index in [1.165, 1.54) is 0 Å². The largest absolute Gasteiger partial charge is 0.396 e. The molecule has 0 bridgehead atoms. The van der Waals surface area contributed by atoms with Crippen LogP contribution in [0.1, 0.15) is 26.7 Å². The quantitative estimate of drug-likeness (QED) is 0.812. The molecule has 1 aliphatic heterocycles. The Morgan fingerprint density at radius 1 is 1.30 bits per heavy atom. The number of nitrogen functional groups attached to an aromatic ring is 1. The van der Waals surface area contributed by atoms with E-state index < -0.39 is 0 Å². The Hall–Kier alpha value is -1.63. The second-order valence-corrected chi connectivity index (χ2v) is 5.10. The Morgan fingerprint density at radius 2 is 2.05 bits per heavy atom. The molecule has 2 rings (SSSR count). The average Bonchev–Trinajstić information content (AvgIpc) is 2.48. The van der Waals surface area contributed by atoms with Crippen LogP contribution in [0.2, 0.25) is 0 Å². The second-order valence-electron chi connectivity index (χ2n) is 5.10. The second kappa shape index (κ2) is 6.69. The van der Waals surface area contributed by atoms with Gasteiger partial charge in [-0.25, -0.2) is 0 Å². The van der Waals surface area contributed by atoms with Crippen molar-refractivity contribution in [2.45, 2.75) is 26.7 Å². The van der Waals surface area contributed by atoms with E-state index in [-0.39, 0.29) is 12.6 Å². The van der Waals surface area contributed by atoms with Crippen LogP contribution in [0.25, 0.3) is 0 Å². The van der Waals surface area contributed by atoms with Crippen LogP contribution < -0.4 is 15.5 Å². The van der Waals surface area contributed by atoms with Crippen molar-refractivity contribution in [1.82, 2.24) is 15.0 Å². The van der Waals surface area contributed by atoms with Gasteiger partial charge >= 0.3 is 0 Å². The van der Waals surface area contributed by atoms with Crippen LogP contribution in [0.15, 0.2) is 0 Å². The predicted octanol–water partition coefficient (Wildman–Crippen LogP) is 0.509. The normalized spacial score (nSPS) is 19.1. The minimum atomic E-state index is 0.208. The molecule has 1 fully saturated rings. The van der Waals surface area contributed by atoms with Crippen LogP contribution in [-0.4, -0.2) is 52.8 Å². The molecule has 0 aliphatic carbocycles. The Bertz CT molecular complexity index is 437. The van der Waals surface area contributed by atoms with Crippen LogP contribution in [0.4, 0.5) is 17.8 Å². The van der Waals surface area contributed by atoms with E-state index in [9.17, 15) is 5.11 Å². The Kier molecular flexibility index (Phi) is 4.94. The minimum Gasteiger partial charge on any atom is -0.396 e. The van der Waals surface area contributed by atoms with Gasteiger partial charge in [0.1, 0.15) is 0 Å². The van der Waals surface area contributed by atoms with Crippen molar-refractivity contribution in [2.75, 3.05) is 48.3 Å². The molecule has 7 heteroatoms. The van der Waals surface area contributed by atoms with Gasteiger partial charge in [-0.15, -0.1) is 0 Å². The van der Waals surface area contributed by atoms with Crippen molar-refractivity contribution < 1.29 is 5.11 Å². The number of hydrogen-bond acceptors (Lipinski definition) is 7. The SMILES string of the molecule is CCN(CC)c1nc(N)nc(N2CCCC(CO)C2)n1. The zero-order chi connectivity index (χ0) is 14.5. The van der Waals surface area contributed by atoms with Gasteiger partial charge < -0.3 is 20.6 Å². The van der Waals surface area contributed by atoms with Crippen LogP contribution in [0.3, 0.4) is 0 Å². The van der Waals surface area contributed by atoms with Crippen LogP contribution >= 0.6 is 0 Å². The molecule has 1 aromatic rings. The molecule has 1 aliphatic rings. The molecule has 0 aromatic carbocycles. The van der Waals surface area contributed by atoms with E-state index in [1.807, 2.05) is 0 Å². The standard InChI is InChI=1S/C13H24N6O/c1-3-18(4-2)12-15-11(14)16-13(17-12)19-7-5-6-10(8-19)9-20/h10,20H,3-9H2,1-2H3,(H2,14,15,16,17). The topological polar surface area (TPSA) is 91.4 Å². The van der Waals surface area contributed by atoms with Gasteiger partial charge in [-0.3, -0.25) is 0 Å². The summed E-state index contributed by atoms with van der Waals surface area (Å²) < 4.78 is 0. The lowest BCUT2D eigenvalue weighted by Crippen LogP contribution is -2.38. The smallest absolute Gasteiger partial charge is 0.231 e. The molecule has 0 spiro atoms. The summed E-state index contributed by atoms with van der Waals surface area (Å²) in [5.74, 6) is 1.79. The number of aliphatic hydroxyl groups excluding tert-OH is 1. The molecule has 2 heterocycles. The monoisotopic (exact) mass is 280 g/mol. The van der Waals surface area contributed by atoms with E-state index in [0.717, 1.165) is 39.0 Å². The fourth-order valence-corrected chi connectivity index (χ4v) is 2.55. The Labute approximate surface area is 119 Å². The highest BCUT2D eigenvalue weighted by Crippen LogP contribution is 2.22. The van der Waals surface area contributed by atoms with Gasteiger partial charge in [-0.05, 0) is 32.6 Å². The predicted molar refractivity (Wildman–Crippen MR) is 79.8 cm³/mol. The lowest BCUT2D eigenvalue weighted by molar-refractivity contribution is 0.208. The van der Waals surface area contributed by atoms with E-state index in [4.69, 9.17) is 5.73 Å². The number of aliphatic hydroxyl groups is 1. The summed E-state index contributed by atoms with van der Waals surface area (Å²) in [6.45, 7) is 7.67. The highest BCUT2D eigenvalue weighted by atomic mass is 16.3. The first-order chi connectivity index (χ1) is 9.67. The Morgan fingerprint density at radius 3 is 2.70 bits per heavy atom. The zero-order valence-electron chi connectivity index (χ0n) is 12.3. The summed E-state index contributed by atoms with van der Waals surface area (Å²) >= 11 is 0. The number of nitrogens with two attached hydrogens (primary N) is 1. The highest BCUT2D eigenvalue weighted by molar-refractivity contribution is 5.43. The number of hydrogen-bond donors (Lipinski definition) is 2. The summed E-state index contributed by atoms with van der Waals surface area (Å²) in [4.78, 5) is 17.1. The maximum Gasteiger partial charge on any atom is 0.231 e. The first kappa shape index (κ1) is 14.8. The summed E-state index contributed by atoms with van der Waals surface area (Å²) in [5.41, 5.74) is 5.82.